The third-order valence-electron chi connectivity index (χ3n) is 4.35. The minimum Gasteiger partial charge on any atom is -0.337 e. The van der Waals surface area contributed by atoms with Crippen molar-refractivity contribution in [1.82, 2.24) is 14.7 Å². The minimum atomic E-state index is -0.325. The number of nitriles is 1. The van der Waals surface area contributed by atoms with Gasteiger partial charge in [-0.1, -0.05) is 0 Å². The van der Waals surface area contributed by atoms with Crippen LogP contribution in [0, 0.1) is 18.3 Å². The molecule has 25 heavy (non-hydrogen) atoms. The summed E-state index contributed by atoms with van der Waals surface area (Å²) in [4.78, 5) is 26.8. The van der Waals surface area contributed by atoms with Crippen LogP contribution in [0.4, 0.5) is 5.00 Å². The van der Waals surface area contributed by atoms with Crippen LogP contribution in [-0.4, -0.2) is 33.0 Å². The van der Waals surface area contributed by atoms with Crippen molar-refractivity contribution >= 4 is 28.2 Å². The molecule has 0 aliphatic carbocycles. The average Bonchev–Trinajstić information content (AvgIpc) is 3.13. The van der Waals surface area contributed by atoms with E-state index >= 15 is 0 Å². The Morgan fingerprint density at radius 2 is 2.24 bits per heavy atom. The van der Waals surface area contributed by atoms with Gasteiger partial charge >= 0.3 is 0 Å². The zero-order valence-electron chi connectivity index (χ0n) is 14.4. The van der Waals surface area contributed by atoms with E-state index in [-0.39, 0.29) is 11.8 Å². The van der Waals surface area contributed by atoms with Gasteiger partial charge in [0.1, 0.15) is 11.1 Å². The Hall–Kier alpha value is -2.66. The van der Waals surface area contributed by atoms with Crippen molar-refractivity contribution in [2.24, 2.45) is 0 Å². The van der Waals surface area contributed by atoms with E-state index < -0.39 is 0 Å². The van der Waals surface area contributed by atoms with Crippen LogP contribution < -0.4 is 5.32 Å². The van der Waals surface area contributed by atoms with Crippen LogP contribution in [-0.2, 0) is 24.3 Å². The van der Waals surface area contributed by atoms with Crippen LogP contribution in [0.1, 0.15) is 46.0 Å². The van der Waals surface area contributed by atoms with E-state index in [9.17, 15) is 14.9 Å². The molecule has 1 N–H and O–H groups in total. The highest BCUT2D eigenvalue weighted by atomic mass is 32.1. The largest absolute Gasteiger partial charge is 0.337 e. The number of nitrogens with zero attached hydrogens (tertiary/aromatic N) is 4. The van der Waals surface area contributed by atoms with E-state index in [4.69, 9.17) is 0 Å². The molecule has 1 aliphatic heterocycles. The summed E-state index contributed by atoms with van der Waals surface area (Å²) in [6, 6.07) is 3.93. The number of aromatic nitrogens is 2. The molecule has 0 unspecified atom stereocenters. The minimum absolute atomic E-state index is 0.0173. The predicted molar refractivity (Wildman–Crippen MR) is 94.4 cm³/mol. The first kappa shape index (κ1) is 17.2. The Morgan fingerprint density at radius 1 is 1.48 bits per heavy atom. The SMILES string of the molecule is CCn1nc(C(=O)Nc2sc3c(c2C#N)CCN(C(C)=O)C3)cc1C. The first-order valence-electron chi connectivity index (χ1n) is 8.10. The molecule has 2 amide bonds. The van der Waals surface area contributed by atoms with Gasteiger partial charge in [-0.05, 0) is 31.9 Å². The molecule has 0 saturated carbocycles. The number of hydrogen-bond acceptors (Lipinski definition) is 5. The zero-order valence-corrected chi connectivity index (χ0v) is 15.2. The van der Waals surface area contributed by atoms with E-state index in [1.165, 1.54) is 11.3 Å². The lowest BCUT2D eigenvalue weighted by Crippen LogP contribution is -2.33. The smallest absolute Gasteiger partial charge is 0.276 e. The van der Waals surface area contributed by atoms with Crippen molar-refractivity contribution in [2.75, 3.05) is 11.9 Å². The average molecular weight is 357 g/mol. The van der Waals surface area contributed by atoms with Gasteiger partial charge in [-0.15, -0.1) is 11.3 Å². The standard InChI is InChI=1S/C17H19N5O2S/c1-4-22-10(2)7-14(20-22)16(24)19-17-13(8-18)12-5-6-21(11(3)23)9-15(12)25-17/h7H,4-6,9H2,1-3H3,(H,19,24). The van der Waals surface area contributed by atoms with E-state index in [0.29, 0.717) is 42.3 Å². The molecule has 8 heteroatoms. The highest BCUT2D eigenvalue weighted by Crippen LogP contribution is 2.36. The molecule has 3 rings (SSSR count). The Balaban J connectivity index is 1.87. The second-order valence-corrected chi connectivity index (χ2v) is 7.06. The van der Waals surface area contributed by atoms with Gasteiger partial charge in [-0.2, -0.15) is 10.4 Å². The highest BCUT2D eigenvalue weighted by molar-refractivity contribution is 7.16. The second-order valence-electron chi connectivity index (χ2n) is 5.95. The van der Waals surface area contributed by atoms with Crippen LogP contribution in [0.3, 0.4) is 0 Å². The number of rotatable bonds is 3. The maximum Gasteiger partial charge on any atom is 0.276 e. The van der Waals surface area contributed by atoms with Crippen LogP contribution in [0.15, 0.2) is 6.07 Å². The Labute approximate surface area is 149 Å². The van der Waals surface area contributed by atoms with Gasteiger partial charge in [0.2, 0.25) is 5.91 Å². The Morgan fingerprint density at radius 3 is 2.84 bits per heavy atom. The van der Waals surface area contributed by atoms with E-state index in [1.54, 1.807) is 22.6 Å². The lowest BCUT2D eigenvalue weighted by molar-refractivity contribution is -0.129. The molecule has 2 aromatic heterocycles. The molecule has 0 spiro atoms. The molecule has 7 nitrogen and oxygen atoms in total. The number of thiophene rings is 1. The number of anilines is 1. The normalized spacial score (nSPS) is 13.3. The van der Waals surface area contributed by atoms with Crippen molar-refractivity contribution in [1.29, 1.82) is 5.26 Å². The van der Waals surface area contributed by atoms with Gasteiger partial charge in [0.25, 0.3) is 5.91 Å². The zero-order chi connectivity index (χ0) is 18.1. The summed E-state index contributed by atoms with van der Waals surface area (Å²) < 4.78 is 1.75. The van der Waals surface area contributed by atoms with Crippen LogP contribution >= 0.6 is 11.3 Å². The first-order chi connectivity index (χ1) is 11.9. The van der Waals surface area contributed by atoms with E-state index in [1.807, 2.05) is 13.8 Å². The second kappa shape index (κ2) is 6.69. The molecule has 0 saturated heterocycles. The number of fused-ring (bicyclic) bond motifs is 1. The first-order valence-corrected chi connectivity index (χ1v) is 8.92. The monoisotopic (exact) mass is 357 g/mol. The van der Waals surface area contributed by atoms with E-state index in [0.717, 1.165) is 16.1 Å². The molecule has 0 fully saturated rings. The van der Waals surface area contributed by atoms with Gasteiger partial charge in [0.15, 0.2) is 5.69 Å². The van der Waals surface area contributed by atoms with Gasteiger partial charge in [-0.3, -0.25) is 14.3 Å². The molecule has 1 aliphatic rings. The highest BCUT2D eigenvalue weighted by Gasteiger charge is 2.26. The maximum absolute atomic E-state index is 12.5. The number of aryl methyl sites for hydroxylation is 2. The number of carbonyl (C=O) groups excluding carboxylic acids is 2. The summed E-state index contributed by atoms with van der Waals surface area (Å²) in [5.74, 6) is -0.308. The van der Waals surface area contributed by atoms with Crippen molar-refractivity contribution in [2.45, 2.75) is 40.3 Å². The number of amides is 2. The summed E-state index contributed by atoms with van der Waals surface area (Å²) in [5.41, 5.74) is 2.69. The lowest BCUT2D eigenvalue weighted by Gasteiger charge is -2.25. The molecule has 0 atom stereocenters. The predicted octanol–water partition coefficient (Wildman–Crippen LogP) is 2.30. The number of hydrogen-bond donors (Lipinski definition) is 1. The van der Waals surface area contributed by atoms with Gasteiger partial charge in [0.05, 0.1) is 12.1 Å². The molecule has 130 valence electrons. The lowest BCUT2D eigenvalue weighted by atomic mass is 10.0. The molecular weight excluding hydrogens is 338 g/mol. The van der Waals surface area contributed by atoms with Crippen LogP contribution in [0.5, 0.6) is 0 Å². The molecular formula is C17H19N5O2S. The number of nitrogens with one attached hydrogen (secondary N) is 1. The summed E-state index contributed by atoms with van der Waals surface area (Å²) in [7, 11) is 0. The third-order valence-corrected chi connectivity index (χ3v) is 5.49. The molecule has 0 radical (unpaired) electrons. The van der Waals surface area contributed by atoms with Gasteiger partial charge in [-0.25, -0.2) is 0 Å². The summed E-state index contributed by atoms with van der Waals surface area (Å²) in [5, 5.41) is 17.1. The summed E-state index contributed by atoms with van der Waals surface area (Å²) in [6.07, 6.45) is 0.633. The Kier molecular flexibility index (Phi) is 4.59. The van der Waals surface area contributed by atoms with Crippen molar-refractivity contribution in [3.63, 3.8) is 0 Å². The molecule has 3 heterocycles. The fraction of sp³-hybridized carbons (Fsp3) is 0.412. The molecule has 0 aromatic carbocycles. The molecule has 2 aromatic rings. The van der Waals surface area contributed by atoms with Crippen molar-refractivity contribution in [3.8, 4) is 6.07 Å². The fourth-order valence-electron chi connectivity index (χ4n) is 2.99. The van der Waals surface area contributed by atoms with Crippen molar-refractivity contribution in [3.05, 3.63) is 33.5 Å². The van der Waals surface area contributed by atoms with Crippen LogP contribution in [0.25, 0.3) is 0 Å². The van der Waals surface area contributed by atoms with Crippen molar-refractivity contribution < 1.29 is 9.59 Å². The summed E-state index contributed by atoms with van der Waals surface area (Å²) >= 11 is 1.36. The number of carbonyl (C=O) groups is 2. The van der Waals surface area contributed by atoms with Gasteiger partial charge < -0.3 is 10.2 Å². The fourth-order valence-corrected chi connectivity index (χ4v) is 4.20. The molecule has 0 bridgehead atoms. The van der Waals surface area contributed by atoms with Crippen LogP contribution in [0.2, 0.25) is 0 Å². The van der Waals surface area contributed by atoms with E-state index in [2.05, 4.69) is 16.5 Å². The third kappa shape index (κ3) is 3.15. The maximum atomic E-state index is 12.5. The van der Waals surface area contributed by atoms with Gasteiger partial charge in [0, 0.05) is 30.6 Å². The topological polar surface area (TPSA) is 91.0 Å². The Bertz CT molecular complexity index is 890. The quantitative estimate of drug-likeness (QED) is 0.912. The summed E-state index contributed by atoms with van der Waals surface area (Å²) in [6.45, 7) is 7.18.